The SMILES string of the molecule is C=CCC(C(CO)NC(=O)OCC1c2ccccc2-c2ccccc21)(C(F)(F)F)C(F)(F)F. The van der Waals surface area contributed by atoms with Gasteiger partial charge in [0, 0.05) is 5.92 Å². The Morgan fingerprint density at radius 3 is 1.91 bits per heavy atom. The number of alkyl halides is 6. The van der Waals surface area contributed by atoms with Gasteiger partial charge in [0.05, 0.1) is 12.6 Å². The highest BCUT2D eigenvalue weighted by molar-refractivity contribution is 5.79. The number of nitrogens with one attached hydrogen (secondary N) is 1. The lowest BCUT2D eigenvalue weighted by Crippen LogP contribution is -2.64. The van der Waals surface area contributed by atoms with E-state index in [4.69, 9.17) is 4.74 Å². The smallest absolute Gasteiger partial charge is 0.407 e. The van der Waals surface area contributed by atoms with Crippen molar-refractivity contribution < 1.29 is 41.0 Å². The number of halogens is 6. The largest absolute Gasteiger partial charge is 0.449 e. The number of carbonyl (C=O) groups is 1. The molecule has 33 heavy (non-hydrogen) atoms. The van der Waals surface area contributed by atoms with Crippen LogP contribution in [0.2, 0.25) is 0 Å². The van der Waals surface area contributed by atoms with Crippen molar-refractivity contribution in [2.24, 2.45) is 5.41 Å². The van der Waals surface area contributed by atoms with Gasteiger partial charge in [0.2, 0.25) is 0 Å². The lowest BCUT2D eigenvalue weighted by atomic mass is 9.75. The van der Waals surface area contributed by atoms with E-state index >= 15 is 0 Å². The fourth-order valence-electron chi connectivity index (χ4n) is 4.26. The van der Waals surface area contributed by atoms with Crippen molar-refractivity contribution in [3.63, 3.8) is 0 Å². The molecule has 178 valence electrons. The third-order valence-electron chi connectivity index (χ3n) is 5.89. The molecular weight excluding hydrogens is 452 g/mol. The highest BCUT2D eigenvalue weighted by Gasteiger charge is 2.73. The van der Waals surface area contributed by atoms with Gasteiger partial charge >= 0.3 is 18.4 Å². The van der Waals surface area contributed by atoms with Gasteiger partial charge in [0.25, 0.3) is 0 Å². The Labute approximate surface area is 185 Å². The van der Waals surface area contributed by atoms with E-state index in [9.17, 15) is 36.2 Å². The number of rotatable bonds is 7. The van der Waals surface area contributed by atoms with E-state index in [1.165, 1.54) is 0 Å². The molecule has 1 aliphatic rings. The highest BCUT2D eigenvalue weighted by Crippen LogP contribution is 2.55. The second-order valence-corrected chi connectivity index (χ2v) is 7.66. The molecule has 4 nitrogen and oxygen atoms in total. The van der Waals surface area contributed by atoms with E-state index in [1.54, 1.807) is 29.6 Å². The maximum atomic E-state index is 13.6. The summed E-state index contributed by atoms with van der Waals surface area (Å²) < 4.78 is 86.9. The van der Waals surface area contributed by atoms with E-state index in [0.717, 1.165) is 22.3 Å². The van der Waals surface area contributed by atoms with Gasteiger partial charge in [-0.05, 0) is 28.7 Å². The van der Waals surface area contributed by atoms with Crippen LogP contribution in [0.4, 0.5) is 31.1 Å². The molecule has 2 aromatic carbocycles. The fraction of sp³-hybridized carbons (Fsp3) is 0.348. The fourth-order valence-corrected chi connectivity index (χ4v) is 4.26. The molecule has 0 fully saturated rings. The molecule has 0 bridgehead atoms. The van der Waals surface area contributed by atoms with Gasteiger partial charge in [-0.1, -0.05) is 54.6 Å². The summed E-state index contributed by atoms with van der Waals surface area (Å²) in [5.41, 5.74) is -1.00. The molecule has 3 rings (SSSR count). The van der Waals surface area contributed by atoms with Gasteiger partial charge < -0.3 is 15.2 Å². The molecule has 0 aliphatic heterocycles. The maximum Gasteiger partial charge on any atom is 0.407 e. The second-order valence-electron chi connectivity index (χ2n) is 7.66. The number of ether oxygens (including phenoxy) is 1. The summed E-state index contributed by atoms with van der Waals surface area (Å²) in [5.74, 6) is -0.445. The van der Waals surface area contributed by atoms with Crippen molar-refractivity contribution in [1.29, 1.82) is 0 Å². The minimum absolute atomic E-state index is 0.315. The zero-order valence-electron chi connectivity index (χ0n) is 17.2. The maximum absolute atomic E-state index is 13.6. The van der Waals surface area contributed by atoms with Gasteiger partial charge in [-0.3, -0.25) is 0 Å². The molecule has 0 saturated heterocycles. The lowest BCUT2D eigenvalue weighted by molar-refractivity contribution is -0.350. The van der Waals surface area contributed by atoms with E-state index in [1.807, 2.05) is 24.3 Å². The van der Waals surface area contributed by atoms with Gasteiger partial charge in [0.1, 0.15) is 6.61 Å². The summed E-state index contributed by atoms with van der Waals surface area (Å²) in [6.45, 7) is 1.05. The summed E-state index contributed by atoms with van der Waals surface area (Å²) in [6.07, 6.45) is -14.3. The van der Waals surface area contributed by atoms with Crippen molar-refractivity contribution in [1.82, 2.24) is 5.32 Å². The van der Waals surface area contributed by atoms with E-state index in [2.05, 4.69) is 6.58 Å². The first-order valence-electron chi connectivity index (χ1n) is 9.94. The molecule has 1 aliphatic carbocycles. The first-order valence-corrected chi connectivity index (χ1v) is 9.94. The van der Waals surface area contributed by atoms with Gasteiger partial charge in [-0.15, -0.1) is 6.58 Å². The molecule has 2 N–H and O–H groups in total. The molecule has 10 heteroatoms. The summed E-state index contributed by atoms with van der Waals surface area (Å²) in [6, 6.07) is 11.8. The molecule has 0 saturated carbocycles. The molecule has 1 unspecified atom stereocenters. The Hall–Kier alpha value is -3.01. The van der Waals surface area contributed by atoms with Crippen LogP contribution in [0.25, 0.3) is 11.1 Å². The zero-order valence-corrected chi connectivity index (χ0v) is 17.2. The Bertz CT molecular complexity index is 958. The number of alkyl carbamates (subject to hydrolysis) is 1. The van der Waals surface area contributed by atoms with Crippen LogP contribution >= 0.6 is 0 Å². The number of benzene rings is 2. The second kappa shape index (κ2) is 9.09. The summed E-state index contributed by atoms with van der Waals surface area (Å²) >= 11 is 0. The predicted molar refractivity (Wildman–Crippen MR) is 108 cm³/mol. The molecule has 2 aromatic rings. The first-order chi connectivity index (χ1) is 15.5. The van der Waals surface area contributed by atoms with E-state index in [0.29, 0.717) is 6.08 Å². The van der Waals surface area contributed by atoms with Crippen molar-refractivity contribution in [3.8, 4) is 11.1 Å². The average molecular weight is 473 g/mol. The average Bonchev–Trinajstić information content (AvgIpc) is 3.06. The summed E-state index contributed by atoms with van der Waals surface area (Å²) in [7, 11) is 0. The quantitative estimate of drug-likeness (QED) is 0.408. The molecular formula is C23H21F6NO3. The van der Waals surface area contributed by atoms with Crippen molar-refractivity contribution in [2.75, 3.05) is 13.2 Å². The molecule has 1 atom stereocenters. The van der Waals surface area contributed by atoms with Crippen LogP contribution in [0.3, 0.4) is 0 Å². The predicted octanol–water partition coefficient (Wildman–Crippen LogP) is 5.57. The number of hydrogen-bond donors (Lipinski definition) is 2. The number of fused-ring (bicyclic) bond motifs is 3. The molecule has 0 aromatic heterocycles. The number of aliphatic hydroxyl groups is 1. The minimum atomic E-state index is -5.83. The Kier molecular flexibility index (Phi) is 6.78. The normalized spacial score (nSPS) is 14.9. The lowest BCUT2D eigenvalue weighted by Gasteiger charge is -2.41. The summed E-state index contributed by atoms with van der Waals surface area (Å²) in [5, 5.41) is 11.0. The molecule has 0 spiro atoms. The van der Waals surface area contributed by atoms with Crippen LogP contribution in [0.5, 0.6) is 0 Å². The Morgan fingerprint density at radius 2 is 1.48 bits per heavy atom. The third-order valence-corrected chi connectivity index (χ3v) is 5.89. The van der Waals surface area contributed by atoms with E-state index in [-0.39, 0.29) is 6.61 Å². The van der Waals surface area contributed by atoms with Crippen molar-refractivity contribution >= 4 is 6.09 Å². The topological polar surface area (TPSA) is 58.6 Å². The Balaban J connectivity index is 1.82. The molecule has 0 radical (unpaired) electrons. The van der Waals surface area contributed by atoms with Crippen LogP contribution in [0.15, 0.2) is 61.2 Å². The minimum Gasteiger partial charge on any atom is -0.449 e. The van der Waals surface area contributed by atoms with Crippen molar-refractivity contribution in [3.05, 3.63) is 72.3 Å². The van der Waals surface area contributed by atoms with Crippen LogP contribution in [-0.4, -0.2) is 42.8 Å². The van der Waals surface area contributed by atoms with Crippen molar-refractivity contribution in [2.45, 2.75) is 30.7 Å². The zero-order chi connectivity index (χ0) is 24.4. The molecule has 0 heterocycles. The Morgan fingerprint density at radius 1 is 1.00 bits per heavy atom. The number of amides is 1. The number of hydrogen-bond acceptors (Lipinski definition) is 3. The highest BCUT2D eigenvalue weighted by atomic mass is 19.4. The van der Waals surface area contributed by atoms with Crippen LogP contribution in [0, 0.1) is 5.41 Å². The number of carbonyl (C=O) groups excluding carboxylic acids is 1. The third kappa shape index (κ3) is 4.31. The van der Waals surface area contributed by atoms with Crippen LogP contribution < -0.4 is 5.32 Å². The van der Waals surface area contributed by atoms with Gasteiger partial charge in [-0.25, -0.2) is 4.79 Å². The van der Waals surface area contributed by atoms with Crippen LogP contribution in [-0.2, 0) is 4.74 Å². The standard InChI is InChI=1S/C23H21F6NO3/c1-2-11-21(22(24,25)26,23(27,28)29)19(12-31)30-20(32)33-13-18-16-9-5-3-7-14(16)15-8-4-6-10-17(15)18/h2-10,18-19,31H,1,11-13H2,(H,30,32). The number of allylic oxidation sites excluding steroid dienone is 1. The first kappa shape index (κ1) is 24.6. The van der Waals surface area contributed by atoms with Crippen LogP contribution in [0.1, 0.15) is 23.5 Å². The monoisotopic (exact) mass is 473 g/mol. The number of aliphatic hydroxyl groups excluding tert-OH is 1. The van der Waals surface area contributed by atoms with Gasteiger partial charge in [0.15, 0.2) is 5.41 Å². The molecule has 1 amide bonds. The summed E-state index contributed by atoms with van der Waals surface area (Å²) in [4.78, 5) is 12.3. The van der Waals surface area contributed by atoms with E-state index < -0.39 is 48.8 Å². The van der Waals surface area contributed by atoms with Gasteiger partial charge in [-0.2, -0.15) is 26.3 Å².